The fourth-order valence-corrected chi connectivity index (χ4v) is 1.82. The Morgan fingerprint density at radius 1 is 1.21 bits per heavy atom. The Bertz CT molecular complexity index is 599. The van der Waals surface area contributed by atoms with Gasteiger partial charge in [0.25, 0.3) is 0 Å². The molecule has 0 saturated heterocycles. The van der Waals surface area contributed by atoms with Crippen LogP contribution in [0.2, 0.25) is 10.0 Å². The minimum Gasteiger partial charge on any atom is -0.397 e. The summed E-state index contributed by atoms with van der Waals surface area (Å²) in [6.45, 7) is 0. The Kier molecular flexibility index (Phi) is 4.24. The van der Waals surface area contributed by atoms with E-state index in [1.165, 1.54) is 6.20 Å². The highest BCUT2D eigenvalue weighted by Gasteiger charge is 2.06. The Hall–Kier alpha value is -1.78. The number of pyridine rings is 1. The third-order valence-corrected chi connectivity index (χ3v) is 3.14. The molecule has 1 aromatic carbocycles. The number of nitrogens with one attached hydrogen (secondary N) is 1. The van der Waals surface area contributed by atoms with E-state index in [-0.39, 0.29) is 12.3 Å². The highest BCUT2D eigenvalue weighted by atomic mass is 35.5. The van der Waals surface area contributed by atoms with Crippen molar-refractivity contribution in [2.75, 3.05) is 11.1 Å². The molecule has 0 saturated carbocycles. The van der Waals surface area contributed by atoms with Crippen LogP contribution in [0.3, 0.4) is 0 Å². The van der Waals surface area contributed by atoms with Gasteiger partial charge < -0.3 is 11.1 Å². The Labute approximate surface area is 120 Å². The van der Waals surface area contributed by atoms with Gasteiger partial charge in [-0.2, -0.15) is 0 Å². The summed E-state index contributed by atoms with van der Waals surface area (Å²) in [5.41, 5.74) is 6.83. The lowest BCUT2D eigenvalue weighted by Gasteiger charge is -2.05. The van der Waals surface area contributed by atoms with Crippen LogP contribution in [0.25, 0.3) is 0 Å². The Morgan fingerprint density at radius 3 is 2.63 bits per heavy atom. The molecule has 2 rings (SSSR count). The predicted octanol–water partition coefficient (Wildman–Crippen LogP) is 3.15. The maximum atomic E-state index is 11.8. The molecule has 98 valence electrons. The fourth-order valence-electron chi connectivity index (χ4n) is 1.50. The molecular weight excluding hydrogens is 285 g/mol. The first-order valence-corrected chi connectivity index (χ1v) is 6.25. The smallest absolute Gasteiger partial charge is 0.229 e. The first-order chi connectivity index (χ1) is 9.04. The topological polar surface area (TPSA) is 68.0 Å². The normalized spacial score (nSPS) is 10.2. The number of aromatic nitrogens is 1. The van der Waals surface area contributed by atoms with Crippen molar-refractivity contribution in [3.05, 3.63) is 52.1 Å². The van der Waals surface area contributed by atoms with Crippen molar-refractivity contribution in [2.24, 2.45) is 0 Å². The van der Waals surface area contributed by atoms with E-state index in [9.17, 15) is 4.79 Å². The molecule has 2 aromatic rings. The van der Waals surface area contributed by atoms with E-state index < -0.39 is 0 Å². The number of hydrogen-bond donors (Lipinski definition) is 2. The van der Waals surface area contributed by atoms with Crippen LogP contribution in [0.1, 0.15) is 5.56 Å². The van der Waals surface area contributed by atoms with Gasteiger partial charge in [-0.3, -0.25) is 4.79 Å². The molecule has 0 unspecified atom stereocenters. The van der Waals surface area contributed by atoms with Crippen LogP contribution in [-0.2, 0) is 11.2 Å². The van der Waals surface area contributed by atoms with E-state index >= 15 is 0 Å². The average Bonchev–Trinajstić information content (AvgIpc) is 2.37. The second kappa shape index (κ2) is 5.91. The molecule has 19 heavy (non-hydrogen) atoms. The lowest BCUT2D eigenvalue weighted by atomic mass is 10.1. The van der Waals surface area contributed by atoms with Crippen molar-refractivity contribution < 1.29 is 4.79 Å². The number of benzene rings is 1. The summed E-state index contributed by atoms with van der Waals surface area (Å²) in [4.78, 5) is 15.8. The number of amides is 1. The highest BCUT2D eigenvalue weighted by molar-refractivity contribution is 6.42. The van der Waals surface area contributed by atoms with Crippen LogP contribution in [0.4, 0.5) is 11.5 Å². The van der Waals surface area contributed by atoms with E-state index in [1.54, 1.807) is 30.3 Å². The van der Waals surface area contributed by atoms with Gasteiger partial charge in [-0.15, -0.1) is 0 Å². The number of carbonyl (C=O) groups excluding carboxylic acids is 1. The summed E-state index contributed by atoms with van der Waals surface area (Å²) < 4.78 is 0. The van der Waals surface area contributed by atoms with Gasteiger partial charge in [-0.25, -0.2) is 4.98 Å². The first-order valence-electron chi connectivity index (χ1n) is 5.50. The Morgan fingerprint density at radius 2 is 2.00 bits per heavy atom. The highest BCUT2D eigenvalue weighted by Crippen LogP contribution is 2.22. The molecule has 0 aliphatic carbocycles. The number of anilines is 2. The zero-order valence-electron chi connectivity index (χ0n) is 9.86. The summed E-state index contributed by atoms with van der Waals surface area (Å²) in [7, 11) is 0. The minimum atomic E-state index is -0.185. The molecule has 1 heterocycles. The van der Waals surface area contributed by atoms with Crippen LogP contribution in [0.5, 0.6) is 0 Å². The van der Waals surface area contributed by atoms with Crippen LogP contribution < -0.4 is 11.1 Å². The molecule has 1 aromatic heterocycles. The predicted molar refractivity (Wildman–Crippen MR) is 77.4 cm³/mol. The molecule has 0 bridgehead atoms. The fraction of sp³-hybridized carbons (Fsp3) is 0.0769. The first kappa shape index (κ1) is 13.6. The van der Waals surface area contributed by atoms with Gasteiger partial charge >= 0.3 is 0 Å². The van der Waals surface area contributed by atoms with Gasteiger partial charge in [-0.05, 0) is 29.8 Å². The van der Waals surface area contributed by atoms with Crippen LogP contribution in [0.15, 0.2) is 36.5 Å². The molecule has 1 amide bonds. The third kappa shape index (κ3) is 3.84. The number of rotatable bonds is 3. The molecule has 0 spiro atoms. The summed E-state index contributed by atoms with van der Waals surface area (Å²) >= 11 is 11.7. The molecule has 3 N–H and O–H groups in total. The monoisotopic (exact) mass is 295 g/mol. The number of nitrogens with zero attached hydrogens (tertiary/aromatic N) is 1. The van der Waals surface area contributed by atoms with Crippen LogP contribution in [-0.4, -0.2) is 10.9 Å². The number of halogens is 2. The van der Waals surface area contributed by atoms with Crippen LogP contribution in [0, 0.1) is 0 Å². The minimum absolute atomic E-state index is 0.185. The third-order valence-electron chi connectivity index (χ3n) is 2.40. The van der Waals surface area contributed by atoms with Crippen molar-refractivity contribution in [3.63, 3.8) is 0 Å². The average molecular weight is 296 g/mol. The molecule has 6 heteroatoms. The summed E-state index contributed by atoms with van der Waals surface area (Å²) in [5, 5.41) is 3.56. The molecule has 0 radical (unpaired) electrons. The van der Waals surface area contributed by atoms with Gasteiger partial charge in [0.1, 0.15) is 5.82 Å². The van der Waals surface area contributed by atoms with Crippen molar-refractivity contribution in [1.29, 1.82) is 0 Å². The standard InChI is InChI=1S/C13H11Cl2N3O/c14-10-3-1-8(5-11(10)15)6-13(19)18-12-4-2-9(16)7-17-12/h1-5,7H,6,16H2,(H,17,18,19). The molecule has 4 nitrogen and oxygen atoms in total. The number of nitrogen functional groups attached to an aromatic ring is 1. The van der Waals surface area contributed by atoms with Crippen molar-refractivity contribution in [2.45, 2.75) is 6.42 Å². The lowest BCUT2D eigenvalue weighted by Crippen LogP contribution is -2.15. The largest absolute Gasteiger partial charge is 0.397 e. The summed E-state index contributed by atoms with van der Waals surface area (Å²) in [6.07, 6.45) is 1.68. The van der Waals surface area contributed by atoms with Gasteiger partial charge in [0.05, 0.1) is 28.4 Å². The molecular formula is C13H11Cl2N3O. The number of nitrogens with two attached hydrogens (primary N) is 1. The molecule has 0 aliphatic heterocycles. The van der Waals surface area contributed by atoms with Crippen molar-refractivity contribution in [1.82, 2.24) is 4.98 Å². The number of hydrogen-bond acceptors (Lipinski definition) is 3. The van der Waals surface area contributed by atoms with E-state index in [0.717, 1.165) is 5.56 Å². The van der Waals surface area contributed by atoms with E-state index in [4.69, 9.17) is 28.9 Å². The molecule has 0 fully saturated rings. The van der Waals surface area contributed by atoms with Gasteiger partial charge in [0.15, 0.2) is 0 Å². The summed E-state index contributed by atoms with van der Waals surface area (Å²) in [5.74, 6) is 0.273. The van der Waals surface area contributed by atoms with Crippen molar-refractivity contribution in [3.8, 4) is 0 Å². The van der Waals surface area contributed by atoms with Crippen LogP contribution >= 0.6 is 23.2 Å². The Balaban J connectivity index is 2.01. The van der Waals surface area contributed by atoms with E-state index in [2.05, 4.69) is 10.3 Å². The van der Waals surface area contributed by atoms with Gasteiger partial charge in [0.2, 0.25) is 5.91 Å². The van der Waals surface area contributed by atoms with E-state index in [1.807, 2.05) is 0 Å². The quantitative estimate of drug-likeness (QED) is 0.914. The molecule has 0 aliphatic rings. The second-order valence-corrected chi connectivity index (χ2v) is 4.76. The lowest BCUT2D eigenvalue weighted by molar-refractivity contribution is -0.115. The maximum absolute atomic E-state index is 11.8. The zero-order valence-corrected chi connectivity index (χ0v) is 11.4. The van der Waals surface area contributed by atoms with E-state index in [0.29, 0.717) is 21.6 Å². The SMILES string of the molecule is Nc1ccc(NC(=O)Cc2ccc(Cl)c(Cl)c2)nc1. The number of carbonyl (C=O) groups is 1. The second-order valence-electron chi connectivity index (χ2n) is 3.95. The maximum Gasteiger partial charge on any atom is 0.229 e. The molecule has 0 atom stereocenters. The van der Waals surface area contributed by atoms with Crippen molar-refractivity contribution >= 4 is 40.6 Å². The van der Waals surface area contributed by atoms with Gasteiger partial charge in [-0.1, -0.05) is 29.3 Å². The van der Waals surface area contributed by atoms with Gasteiger partial charge in [0, 0.05) is 0 Å². The zero-order chi connectivity index (χ0) is 13.8. The summed E-state index contributed by atoms with van der Waals surface area (Å²) in [6, 6.07) is 8.39.